The molecule has 3 aromatic heterocycles. The summed E-state index contributed by atoms with van der Waals surface area (Å²) in [7, 11) is 0. The van der Waals surface area contributed by atoms with Gasteiger partial charge < -0.3 is 0 Å². The second-order valence-corrected chi connectivity index (χ2v) is 9.48. The highest BCUT2D eigenvalue weighted by Gasteiger charge is 2.16. The summed E-state index contributed by atoms with van der Waals surface area (Å²) in [4.78, 5) is 5.20. The fourth-order valence-corrected chi connectivity index (χ4v) is 5.51. The first-order chi connectivity index (χ1) is 16.3. The number of hydrogen-bond donors (Lipinski definition) is 0. The van der Waals surface area contributed by atoms with Crippen molar-refractivity contribution in [3.05, 3.63) is 113 Å². The van der Waals surface area contributed by atoms with Crippen molar-refractivity contribution in [3.63, 3.8) is 0 Å². The molecular formula is C29H18IN3. The summed E-state index contributed by atoms with van der Waals surface area (Å²) in [5.41, 5.74) is 4.67. The monoisotopic (exact) mass is 535 g/mol. The Hall–Kier alpha value is -3.64. The smallest absolute Gasteiger partial charge is 0.140 e. The van der Waals surface area contributed by atoms with E-state index in [4.69, 9.17) is 4.98 Å². The molecule has 0 aliphatic carbocycles. The molecule has 0 spiro atoms. The molecule has 0 unspecified atom stereocenters. The van der Waals surface area contributed by atoms with Crippen LogP contribution in [0.3, 0.4) is 0 Å². The van der Waals surface area contributed by atoms with Crippen LogP contribution in [0.15, 0.2) is 109 Å². The highest BCUT2D eigenvalue weighted by Crippen LogP contribution is 2.34. The highest BCUT2D eigenvalue weighted by atomic mass is 127. The van der Waals surface area contributed by atoms with Crippen molar-refractivity contribution in [2.24, 2.45) is 0 Å². The maximum absolute atomic E-state index is 5.20. The third kappa shape index (κ3) is 2.77. The standard InChI is InChI=1S/C29H18IN3/c30-19-16-17-27-23(18-19)22-10-3-6-13-26(22)33(27)29-15-7-14-28(31-29)32-24-11-4-1-8-20(24)21-9-2-5-12-25(21)32/h1-18H. The molecule has 0 saturated carbocycles. The molecule has 3 heterocycles. The summed E-state index contributed by atoms with van der Waals surface area (Å²) in [6.07, 6.45) is 0. The van der Waals surface area contributed by atoms with Gasteiger partial charge in [-0.15, -0.1) is 0 Å². The number of nitrogens with zero attached hydrogens (tertiary/aromatic N) is 3. The minimum atomic E-state index is 0.918. The molecule has 0 N–H and O–H groups in total. The van der Waals surface area contributed by atoms with Gasteiger partial charge in [0, 0.05) is 25.1 Å². The van der Waals surface area contributed by atoms with E-state index in [0.717, 1.165) is 11.6 Å². The molecule has 0 saturated heterocycles. The Labute approximate surface area is 204 Å². The van der Waals surface area contributed by atoms with E-state index in [1.165, 1.54) is 47.2 Å². The van der Waals surface area contributed by atoms with Crippen molar-refractivity contribution < 1.29 is 0 Å². The van der Waals surface area contributed by atoms with Crippen molar-refractivity contribution in [1.82, 2.24) is 14.1 Å². The van der Waals surface area contributed by atoms with Crippen LogP contribution in [-0.4, -0.2) is 14.1 Å². The zero-order valence-electron chi connectivity index (χ0n) is 17.6. The lowest BCUT2D eigenvalue weighted by Gasteiger charge is -2.11. The topological polar surface area (TPSA) is 22.8 Å². The molecule has 33 heavy (non-hydrogen) atoms. The lowest BCUT2D eigenvalue weighted by molar-refractivity contribution is 1.01. The van der Waals surface area contributed by atoms with Crippen LogP contribution in [0.25, 0.3) is 55.2 Å². The summed E-state index contributed by atoms with van der Waals surface area (Å²) >= 11 is 2.38. The maximum atomic E-state index is 5.20. The zero-order chi connectivity index (χ0) is 21.9. The quantitative estimate of drug-likeness (QED) is 0.207. The molecule has 7 rings (SSSR count). The first kappa shape index (κ1) is 18.9. The van der Waals surface area contributed by atoms with Crippen LogP contribution in [-0.2, 0) is 0 Å². The molecule has 0 aliphatic rings. The summed E-state index contributed by atoms with van der Waals surface area (Å²) < 4.78 is 5.78. The van der Waals surface area contributed by atoms with Gasteiger partial charge in [0.1, 0.15) is 11.6 Å². The van der Waals surface area contributed by atoms with E-state index in [1.54, 1.807) is 0 Å². The molecule has 0 aliphatic heterocycles. The van der Waals surface area contributed by atoms with Crippen LogP contribution in [0.1, 0.15) is 0 Å². The molecule has 0 amide bonds. The predicted octanol–water partition coefficient (Wildman–Crippen LogP) is 7.88. The molecular weight excluding hydrogens is 517 g/mol. The Morgan fingerprint density at radius 2 is 0.909 bits per heavy atom. The molecule has 4 aromatic carbocycles. The van der Waals surface area contributed by atoms with Crippen LogP contribution in [0.2, 0.25) is 0 Å². The Balaban J connectivity index is 1.55. The van der Waals surface area contributed by atoms with E-state index in [0.29, 0.717) is 0 Å². The van der Waals surface area contributed by atoms with Gasteiger partial charge in [0.25, 0.3) is 0 Å². The van der Waals surface area contributed by atoms with Crippen molar-refractivity contribution in [2.75, 3.05) is 0 Å². The Kier molecular flexibility index (Phi) is 4.11. The van der Waals surface area contributed by atoms with Gasteiger partial charge in [-0.1, -0.05) is 60.7 Å². The lowest BCUT2D eigenvalue weighted by Crippen LogP contribution is -2.03. The van der Waals surface area contributed by atoms with Gasteiger partial charge >= 0.3 is 0 Å². The number of aromatic nitrogens is 3. The van der Waals surface area contributed by atoms with Gasteiger partial charge in [0.05, 0.1) is 22.1 Å². The van der Waals surface area contributed by atoms with Crippen LogP contribution in [0.5, 0.6) is 0 Å². The van der Waals surface area contributed by atoms with Gasteiger partial charge in [0.15, 0.2) is 0 Å². The molecule has 156 valence electrons. The maximum Gasteiger partial charge on any atom is 0.140 e. The number of pyridine rings is 1. The summed E-state index contributed by atoms with van der Waals surface area (Å²) in [6.45, 7) is 0. The number of rotatable bonds is 2. The molecule has 0 radical (unpaired) electrons. The second kappa shape index (κ2) is 7.18. The summed E-state index contributed by atoms with van der Waals surface area (Å²) in [5, 5.41) is 4.98. The molecule has 7 aromatic rings. The highest BCUT2D eigenvalue weighted by molar-refractivity contribution is 14.1. The van der Waals surface area contributed by atoms with E-state index in [1.807, 2.05) is 0 Å². The lowest BCUT2D eigenvalue weighted by atomic mass is 10.2. The molecule has 0 fully saturated rings. The van der Waals surface area contributed by atoms with Crippen LogP contribution >= 0.6 is 22.6 Å². The zero-order valence-corrected chi connectivity index (χ0v) is 19.8. The van der Waals surface area contributed by atoms with Gasteiger partial charge in [-0.2, -0.15) is 0 Å². The van der Waals surface area contributed by atoms with Crippen molar-refractivity contribution >= 4 is 66.2 Å². The number of para-hydroxylation sites is 3. The predicted molar refractivity (Wildman–Crippen MR) is 146 cm³/mol. The Morgan fingerprint density at radius 3 is 1.45 bits per heavy atom. The first-order valence-electron chi connectivity index (χ1n) is 10.9. The minimum Gasteiger partial charge on any atom is -0.294 e. The van der Waals surface area contributed by atoms with Crippen molar-refractivity contribution in [3.8, 4) is 11.6 Å². The number of halogens is 1. The van der Waals surface area contributed by atoms with Crippen LogP contribution in [0.4, 0.5) is 0 Å². The van der Waals surface area contributed by atoms with E-state index < -0.39 is 0 Å². The van der Waals surface area contributed by atoms with Gasteiger partial charge in [-0.3, -0.25) is 9.13 Å². The molecule has 0 atom stereocenters. The van der Waals surface area contributed by atoms with E-state index in [9.17, 15) is 0 Å². The van der Waals surface area contributed by atoms with Crippen LogP contribution in [0, 0.1) is 3.57 Å². The summed E-state index contributed by atoms with van der Waals surface area (Å²) in [6, 6.07) is 38.6. The number of fused-ring (bicyclic) bond motifs is 6. The van der Waals surface area contributed by atoms with E-state index in [-0.39, 0.29) is 0 Å². The fraction of sp³-hybridized carbons (Fsp3) is 0. The first-order valence-corrected chi connectivity index (χ1v) is 12.0. The van der Waals surface area contributed by atoms with E-state index in [2.05, 4.69) is 141 Å². The van der Waals surface area contributed by atoms with Crippen LogP contribution < -0.4 is 0 Å². The number of benzene rings is 4. The van der Waals surface area contributed by atoms with E-state index >= 15 is 0 Å². The van der Waals surface area contributed by atoms with Crippen molar-refractivity contribution in [1.29, 1.82) is 0 Å². The minimum absolute atomic E-state index is 0.918. The second-order valence-electron chi connectivity index (χ2n) is 8.24. The van der Waals surface area contributed by atoms with Crippen molar-refractivity contribution in [2.45, 2.75) is 0 Å². The largest absolute Gasteiger partial charge is 0.294 e. The third-order valence-electron chi connectivity index (χ3n) is 6.39. The third-order valence-corrected chi connectivity index (χ3v) is 7.06. The SMILES string of the molecule is Ic1ccc2c(c1)c1ccccc1n2-c1cccc(-n2c3ccccc3c3ccccc32)n1. The number of hydrogen-bond acceptors (Lipinski definition) is 1. The molecule has 4 heteroatoms. The average Bonchev–Trinajstić information content (AvgIpc) is 3.37. The molecule has 0 bridgehead atoms. The van der Waals surface area contributed by atoms with Gasteiger partial charge in [-0.25, -0.2) is 4.98 Å². The average molecular weight is 535 g/mol. The van der Waals surface area contributed by atoms with Gasteiger partial charge in [0.2, 0.25) is 0 Å². The Bertz CT molecular complexity index is 1790. The Morgan fingerprint density at radius 1 is 0.455 bits per heavy atom. The summed E-state index contributed by atoms with van der Waals surface area (Å²) in [5.74, 6) is 1.84. The molecule has 3 nitrogen and oxygen atoms in total. The normalized spacial score (nSPS) is 11.8. The van der Waals surface area contributed by atoms with Gasteiger partial charge in [-0.05, 0) is 71.1 Å². The fourth-order valence-electron chi connectivity index (χ4n) is 5.02.